The van der Waals surface area contributed by atoms with Crippen LogP contribution in [0.15, 0.2) is 42.5 Å². The van der Waals surface area contributed by atoms with Crippen molar-refractivity contribution in [2.45, 2.75) is 0 Å². The molecule has 1 amide bonds. The average Bonchev–Trinajstić information content (AvgIpc) is 2.31. The number of hydrogen-bond acceptors (Lipinski definition) is 2. The maximum Gasteiger partial charge on any atom is 0.409 e. The first-order chi connectivity index (χ1) is 8.56. The number of rotatable bonds is 2. The number of nitrogens with one attached hydrogen (secondary N) is 1. The van der Waals surface area contributed by atoms with E-state index in [1.165, 1.54) is 18.2 Å². The Kier molecular flexibility index (Phi) is 3.14. The van der Waals surface area contributed by atoms with Crippen LogP contribution in [0.1, 0.15) is 0 Å². The molecule has 2 aromatic rings. The molecule has 0 fully saturated rings. The monoisotopic (exact) mass is 246 g/mol. The highest BCUT2D eigenvalue weighted by atomic mass is 19.1. The van der Waals surface area contributed by atoms with Gasteiger partial charge in [-0.1, -0.05) is 12.1 Å². The first-order valence-electron chi connectivity index (χ1n) is 5.21. The van der Waals surface area contributed by atoms with Crippen LogP contribution in [0.2, 0.25) is 0 Å². The summed E-state index contributed by atoms with van der Waals surface area (Å²) < 4.78 is 13.3. The third kappa shape index (κ3) is 2.57. The van der Waals surface area contributed by atoms with Crippen molar-refractivity contribution in [3.63, 3.8) is 0 Å². The topological polar surface area (TPSA) is 75.3 Å². The molecule has 0 unspecified atom stereocenters. The van der Waals surface area contributed by atoms with Gasteiger partial charge in [0.15, 0.2) is 0 Å². The van der Waals surface area contributed by atoms with Gasteiger partial charge in [-0.25, -0.2) is 9.18 Å². The molecule has 0 atom stereocenters. The van der Waals surface area contributed by atoms with E-state index in [-0.39, 0.29) is 0 Å². The van der Waals surface area contributed by atoms with E-state index in [1.807, 2.05) is 0 Å². The number of nitrogen functional groups attached to an aromatic ring is 1. The molecule has 0 aliphatic heterocycles. The number of hydrogen-bond donors (Lipinski definition) is 3. The molecule has 0 heterocycles. The van der Waals surface area contributed by atoms with Gasteiger partial charge in [0.25, 0.3) is 0 Å². The lowest BCUT2D eigenvalue weighted by Gasteiger charge is -2.10. The molecule has 0 radical (unpaired) electrons. The highest BCUT2D eigenvalue weighted by molar-refractivity contribution is 5.90. The summed E-state index contributed by atoms with van der Waals surface area (Å²) in [5.41, 5.74) is 7.60. The summed E-state index contributed by atoms with van der Waals surface area (Å²) in [5.74, 6) is -0.441. The van der Waals surface area contributed by atoms with E-state index in [4.69, 9.17) is 10.8 Å². The molecule has 0 saturated heterocycles. The van der Waals surface area contributed by atoms with Crippen LogP contribution in [0.5, 0.6) is 0 Å². The molecule has 4 nitrogen and oxygen atoms in total. The van der Waals surface area contributed by atoms with Gasteiger partial charge in [-0.2, -0.15) is 0 Å². The standard InChI is InChI=1S/C13H11FN2O2/c14-9-4-5-12(16-13(17)18)11(7-9)8-2-1-3-10(15)6-8/h1-7,16H,15H2,(H,17,18). The van der Waals surface area contributed by atoms with Crippen LogP contribution in [-0.2, 0) is 0 Å². The number of anilines is 2. The molecular formula is C13H11FN2O2. The van der Waals surface area contributed by atoms with Crippen LogP contribution >= 0.6 is 0 Å². The minimum Gasteiger partial charge on any atom is -0.465 e. The van der Waals surface area contributed by atoms with Gasteiger partial charge in [0.2, 0.25) is 0 Å². The Morgan fingerprint density at radius 2 is 2.00 bits per heavy atom. The summed E-state index contributed by atoms with van der Waals surface area (Å²) >= 11 is 0. The number of halogens is 1. The second-order valence-electron chi connectivity index (χ2n) is 3.75. The maximum atomic E-state index is 13.3. The van der Waals surface area contributed by atoms with Gasteiger partial charge in [0.05, 0.1) is 5.69 Å². The zero-order chi connectivity index (χ0) is 13.1. The van der Waals surface area contributed by atoms with Gasteiger partial charge in [0.1, 0.15) is 5.82 Å². The fourth-order valence-corrected chi connectivity index (χ4v) is 1.69. The molecule has 4 N–H and O–H groups in total. The van der Waals surface area contributed by atoms with Gasteiger partial charge >= 0.3 is 6.09 Å². The normalized spacial score (nSPS) is 10.1. The number of benzene rings is 2. The van der Waals surface area contributed by atoms with Crippen molar-refractivity contribution in [3.8, 4) is 11.1 Å². The Hall–Kier alpha value is -2.56. The van der Waals surface area contributed by atoms with E-state index >= 15 is 0 Å². The summed E-state index contributed by atoms with van der Waals surface area (Å²) in [6.07, 6.45) is -1.20. The zero-order valence-corrected chi connectivity index (χ0v) is 9.35. The Labute approximate surface area is 103 Å². The molecule has 2 aromatic carbocycles. The van der Waals surface area contributed by atoms with E-state index in [9.17, 15) is 9.18 Å². The fourth-order valence-electron chi connectivity index (χ4n) is 1.69. The predicted octanol–water partition coefficient (Wildman–Crippen LogP) is 3.16. The Morgan fingerprint density at radius 3 is 2.67 bits per heavy atom. The molecule has 0 aliphatic rings. The average molecular weight is 246 g/mol. The smallest absolute Gasteiger partial charge is 0.409 e. The molecule has 2 rings (SSSR count). The molecule has 0 saturated carbocycles. The summed E-state index contributed by atoms with van der Waals surface area (Å²) in [4.78, 5) is 10.7. The van der Waals surface area contributed by atoms with E-state index in [0.717, 1.165) is 0 Å². The Balaban J connectivity index is 2.54. The highest BCUT2D eigenvalue weighted by Crippen LogP contribution is 2.29. The SMILES string of the molecule is Nc1cccc(-c2cc(F)ccc2NC(=O)O)c1. The highest BCUT2D eigenvalue weighted by Gasteiger charge is 2.09. The summed E-state index contributed by atoms with van der Waals surface area (Å²) in [5, 5.41) is 11.0. The van der Waals surface area contributed by atoms with E-state index < -0.39 is 11.9 Å². The first kappa shape index (κ1) is 11.9. The molecule has 18 heavy (non-hydrogen) atoms. The van der Waals surface area contributed by atoms with E-state index in [1.54, 1.807) is 24.3 Å². The third-order valence-electron chi connectivity index (χ3n) is 2.42. The van der Waals surface area contributed by atoms with Crippen LogP contribution in [0.4, 0.5) is 20.6 Å². The number of carboxylic acid groups (broad SMARTS) is 1. The molecule has 0 aromatic heterocycles. The van der Waals surface area contributed by atoms with Crippen molar-refractivity contribution < 1.29 is 14.3 Å². The maximum absolute atomic E-state index is 13.3. The fraction of sp³-hybridized carbons (Fsp3) is 0. The third-order valence-corrected chi connectivity index (χ3v) is 2.42. The van der Waals surface area contributed by atoms with Gasteiger partial charge < -0.3 is 10.8 Å². The van der Waals surface area contributed by atoms with Crippen molar-refractivity contribution in [1.29, 1.82) is 0 Å². The van der Waals surface area contributed by atoms with Crippen molar-refractivity contribution >= 4 is 17.5 Å². The lowest BCUT2D eigenvalue weighted by molar-refractivity contribution is 0.210. The Morgan fingerprint density at radius 1 is 1.22 bits per heavy atom. The van der Waals surface area contributed by atoms with Crippen LogP contribution in [0.25, 0.3) is 11.1 Å². The minimum absolute atomic E-state index is 0.314. The van der Waals surface area contributed by atoms with Crippen LogP contribution < -0.4 is 11.1 Å². The summed E-state index contributed by atoms with van der Waals surface area (Å²) in [6, 6.07) is 10.6. The summed E-state index contributed by atoms with van der Waals surface area (Å²) in [6.45, 7) is 0. The predicted molar refractivity (Wildman–Crippen MR) is 67.9 cm³/mol. The molecular weight excluding hydrogens is 235 g/mol. The van der Waals surface area contributed by atoms with Crippen LogP contribution in [-0.4, -0.2) is 11.2 Å². The van der Waals surface area contributed by atoms with E-state index in [2.05, 4.69) is 5.32 Å². The molecule has 0 bridgehead atoms. The van der Waals surface area contributed by atoms with Crippen molar-refractivity contribution in [2.24, 2.45) is 0 Å². The number of carbonyl (C=O) groups is 1. The van der Waals surface area contributed by atoms with Gasteiger partial charge in [-0.3, -0.25) is 5.32 Å². The van der Waals surface area contributed by atoms with Crippen molar-refractivity contribution in [1.82, 2.24) is 0 Å². The molecule has 0 aliphatic carbocycles. The second kappa shape index (κ2) is 4.75. The second-order valence-corrected chi connectivity index (χ2v) is 3.75. The molecule has 5 heteroatoms. The quantitative estimate of drug-likeness (QED) is 0.712. The first-order valence-corrected chi connectivity index (χ1v) is 5.21. The lowest BCUT2D eigenvalue weighted by atomic mass is 10.0. The summed E-state index contributed by atoms with van der Waals surface area (Å²) in [7, 11) is 0. The number of nitrogens with two attached hydrogens (primary N) is 1. The number of amides is 1. The van der Waals surface area contributed by atoms with Gasteiger partial charge in [-0.05, 0) is 35.9 Å². The van der Waals surface area contributed by atoms with Crippen molar-refractivity contribution in [2.75, 3.05) is 11.1 Å². The van der Waals surface area contributed by atoms with Crippen LogP contribution in [0.3, 0.4) is 0 Å². The van der Waals surface area contributed by atoms with Crippen LogP contribution in [0, 0.1) is 5.82 Å². The van der Waals surface area contributed by atoms with Gasteiger partial charge in [0, 0.05) is 11.3 Å². The van der Waals surface area contributed by atoms with Crippen molar-refractivity contribution in [3.05, 3.63) is 48.3 Å². The lowest BCUT2D eigenvalue weighted by Crippen LogP contribution is -2.08. The minimum atomic E-state index is -1.20. The van der Waals surface area contributed by atoms with Gasteiger partial charge in [-0.15, -0.1) is 0 Å². The molecule has 92 valence electrons. The molecule has 0 spiro atoms. The Bertz CT molecular complexity index is 599. The largest absolute Gasteiger partial charge is 0.465 e. The van der Waals surface area contributed by atoms with E-state index in [0.29, 0.717) is 22.5 Å². The zero-order valence-electron chi connectivity index (χ0n) is 9.35.